The summed E-state index contributed by atoms with van der Waals surface area (Å²) in [4.78, 5) is 5.25. The zero-order chi connectivity index (χ0) is 12.2. The lowest BCUT2D eigenvalue weighted by molar-refractivity contribution is 0.0363. The molecule has 2 aliphatic heterocycles. The van der Waals surface area contributed by atoms with Crippen LogP contribution in [0.25, 0.3) is 0 Å². The van der Waals surface area contributed by atoms with Gasteiger partial charge in [-0.1, -0.05) is 12.2 Å². The molecule has 102 valence electrons. The molecule has 0 spiro atoms. The number of allylic oxidation sites excluding steroid dienone is 2. The molecule has 0 saturated carbocycles. The molecule has 2 atom stereocenters. The summed E-state index contributed by atoms with van der Waals surface area (Å²) >= 11 is 0. The van der Waals surface area contributed by atoms with Gasteiger partial charge in [-0.15, -0.1) is 0 Å². The monoisotopic (exact) mass is 250 g/mol. The topological polar surface area (TPSA) is 15.7 Å². The van der Waals surface area contributed by atoms with Crippen molar-refractivity contribution in [1.29, 1.82) is 0 Å². The molecule has 2 heterocycles. The van der Waals surface area contributed by atoms with Crippen molar-refractivity contribution in [2.24, 2.45) is 11.8 Å². The quantitative estimate of drug-likeness (QED) is 0.705. The summed E-state index contributed by atoms with van der Waals surface area (Å²) < 4.78 is 5.38. The van der Waals surface area contributed by atoms with Crippen molar-refractivity contribution in [2.75, 3.05) is 52.5 Å². The first-order chi connectivity index (χ1) is 8.92. The van der Waals surface area contributed by atoms with Crippen LogP contribution in [0.2, 0.25) is 0 Å². The molecule has 3 rings (SSSR count). The van der Waals surface area contributed by atoms with E-state index in [1.807, 2.05) is 0 Å². The Morgan fingerprint density at radius 3 is 2.17 bits per heavy atom. The molecular formula is C15H26N2O. The molecule has 0 bridgehead atoms. The molecule has 0 amide bonds. The first-order valence-electron chi connectivity index (χ1n) is 7.59. The molecule has 18 heavy (non-hydrogen) atoms. The maximum atomic E-state index is 5.38. The van der Waals surface area contributed by atoms with E-state index in [0.29, 0.717) is 0 Å². The van der Waals surface area contributed by atoms with Gasteiger partial charge in [0.25, 0.3) is 0 Å². The normalized spacial score (nSPS) is 33.8. The SMILES string of the molecule is C1=CC[C@H]2CN(CCCN3CCOCC3)C[C@@H]2C1. The average molecular weight is 250 g/mol. The Kier molecular flexibility index (Phi) is 4.34. The highest BCUT2D eigenvalue weighted by Crippen LogP contribution is 2.32. The number of rotatable bonds is 4. The molecule has 2 fully saturated rings. The maximum absolute atomic E-state index is 5.38. The third kappa shape index (κ3) is 3.14. The van der Waals surface area contributed by atoms with Crippen LogP contribution in [-0.4, -0.2) is 62.3 Å². The van der Waals surface area contributed by atoms with Gasteiger partial charge in [-0.3, -0.25) is 4.90 Å². The molecule has 0 N–H and O–H groups in total. The van der Waals surface area contributed by atoms with Gasteiger partial charge >= 0.3 is 0 Å². The van der Waals surface area contributed by atoms with Gasteiger partial charge in [0.05, 0.1) is 13.2 Å². The van der Waals surface area contributed by atoms with E-state index < -0.39 is 0 Å². The van der Waals surface area contributed by atoms with E-state index in [1.54, 1.807) is 0 Å². The molecular weight excluding hydrogens is 224 g/mol. The van der Waals surface area contributed by atoms with Gasteiger partial charge in [0.2, 0.25) is 0 Å². The second-order valence-electron chi connectivity index (χ2n) is 6.03. The van der Waals surface area contributed by atoms with Crippen LogP contribution in [0.4, 0.5) is 0 Å². The summed E-state index contributed by atoms with van der Waals surface area (Å²) in [5.41, 5.74) is 0. The Morgan fingerprint density at radius 2 is 1.50 bits per heavy atom. The zero-order valence-electron chi connectivity index (χ0n) is 11.4. The van der Waals surface area contributed by atoms with Gasteiger partial charge in [0.1, 0.15) is 0 Å². The fourth-order valence-electron chi connectivity index (χ4n) is 3.64. The highest BCUT2D eigenvalue weighted by molar-refractivity contribution is 4.99. The predicted octanol–water partition coefficient (Wildman–Crippen LogP) is 1.61. The van der Waals surface area contributed by atoms with Gasteiger partial charge in [-0.05, 0) is 44.2 Å². The number of ether oxygens (including phenoxy) is 1. The Balaban J connectivity index is 1.34. The van der Waals surface area contributed by atoms with Gasteiger partial charge in [-0.2, -0.15) is 0 Å². The van der Waals surface area contributed by atoms with E-state index in [-0.39, 0.29) is 0 Å². The van der Waals surface area contributed by atoms with E-state index >= 15 is 0 Å². The van der Waals surface area contributed by atoms with Gasteiger partial charge in [0, 0.05) is 26.2 Å². The second kappa shape index (κ2) is 6.18. The first kappa shape index (κ1) is 12.6. The van der Waals surface area contributed by atoms with Crippen LogP contribution in [0.5, 0.6) is 0 Å². The fourth-order valence-corrected chi connectivity index (χ4v) is 3.64. The first-order valence-corrected chi connectivity index (χ1v) is 7.59. The summed E-state index contributed by atoms with van der Waals surface area (Å²) in [6, 6.07) is 0. The molecule has 3 heteroatoms. The van der Waals surface area contributed by atoms with Gasteiger partial charge < -0.3 is 9.64 Å². The van der Waals surface area contributed by atoms with E-state index in [2.05, 4.69) is 22.0 Å². The van der Waals surface area contributed by atoms with Crippen LogP contribution in [-0.2, 0) is 4.74 Å². The summed E-state index contributed by atoms with van der Waals surface area (Å²) in [5.74, 6) is 1.91. The summed E-state index contributed by atoms with van der Waals surface area (Å²) in [5, 5.41) is 0. The summed E-state index contributed by atoms with van der Waals surface area (Å²) in [7, 11) is 0. The zero-order valence-corrected chi connectivity index (χ0v) is 11.4. The van der Waals surface area contributed by atoms with Crippen LogP contribution in [0.1, 0.15) is 19.3 Å². The minimum absolute atomic E-state index is 0.930. The third-order valence-electron chi connectivity index (χ3n) is 4.75. The maximum Gasteiger partial charge on any atom is 0.0594 e. The molecule has 1 aliphatic carbocycles. The molecule has 3 nitrogen and oxygen atoms in total. The average Bonchev–Trinajstić information content (AvgIpc) is 2.82. The second-order valence-corrected chi connectivity index (χ2v) is 6.03. The van der Waals surface area contributed by atoms with Crippen molar-refractivity contribution in [2.45, 2.75) is 19.3 Å². The lowest BCUT2D eigenvalue weighted by Crippen LogP contribution is -2.38. The van der Waals surface area contributed by atoms with Gasteiger partial charge in [-0.25, -0.2) is 0 Å². The van der Waals surface area contributed by atoms with E-state index in [0.717, 1.165) is 38.1 Å². The molecule has 2 saturated heterocycles. The number of likely N-dealkylation sites (tertiary alicyclic amines) is 1. The lowest BCUT2D eigenvalue weighted by atomic mass is 9.86. The molecule has 3 aliphatic rings. The third-order valence-corrected chi connectivity index (χ3v) is 4.75. The minimum Gasteiger partial charge on any atom is -0.379 e. The molecule has 0 aromatic heterocycles. The van der Waals surface area contributed by atoms with Crippen molar-refractivity contribution in [3.63, 3.8) is 0 Å². The molecule has 0 aromatic rings. The lowest BCUT2D eigenvalue weighted by Gasteiger charge is -2.27. The Bertz CT molecular complexity index is 270. The Labute approximate surface area is 111 Å². The van der Waals surface area contributed by atoms with E-state index in [1.165, 1.54) is 45.4 Å². The van der Waals surface area contributed by atoms with E-state index in [4.69, 9.17) is 4.74 Å². The van der Waals surface area contributed by atoms with Crippen molar-refractivity contribution in [3.05, 3.63) is 12.2 Å². The predicted molar refractivity (Wildman–Crippen MR) is 73.7 cm³/mol. The number of morpholine rings is 1. The smallest absolute Gasteiger partial charge is 0.0594 e. The standard InChI is InChI=1S/C15H26N2O/c1-2-5-15-13-17(12-14(15)4-1)7-3-6-16-8-10-18-11-9-16/h1-2,14-15H,3-13H2/t14-,15-/m0/s1. The minimum atomic E-state index is 0.930. The molecule has 0 radical (unpaired) electrons. The van der Waals surface area contributed by atoms with E-state index in [9.17, 15) is 0 Å². The Morgan fingerprint density at radius 1 is 0.889 bits per heavy atom. The number of hydrogen-bond donors (Lipinski definition) is 0. The molecule has 0 unspecified atom stereocenters. The van der Waals surface area contributed by atoms with Crippen LogP contribution in [0, 0.1) is 11.8 Å². The van der Waals surface area contributed by atoms with Crippen LogP contribution < -0.4 is 0 Å². The van der Waals surface area contributed by atoms with Crippen molar-refractivity contribution in [1.82, 2.24) is 9.80 Å². The van der Waals surface area contributed by atoms with Crippen LogP contribution >= 0.6 is 0 Å². The van der Waals surface area contributed by atoms with Crippen molar-refractivity contribution < 1.29 is 4.74 Å². The largest absolute Gasteiger partial charge is 0.379 e. The van der Waals surface area contributed by atoms with Crippen molar-refractivity contribution in [3.8, 4) is 0 Å². The number of hydrogen-bond acceptors (Lipinski definition) is 3. The summed E-state index contributed by atoms with van der Waals surface area (Å²) in [6.45, 7) is 9.37. The van der Waals surface area contributed by atoms with Crippen LogP contribution in [0.3, 0.4) is 0 Å². The Hall–Kier alpha value is -0.380. The highest BCUT2D eigenvalue weighted by atomic mass is 16.5. The summed E-state index contributed by atoms with van der Waals surface area (Å²) in [6.07, 6.45) is 8.75. The van der Waals surface area contributed by atoms with Crippen LogP contribution in [0.15, 0.2) is 12.2 Å². The number of fused-ring (bicyclic) bond motifs is 1. The van der Waals surface area contributed by atoms with Crippen molar-refractivity contribution >= 4 is 0 Å². The molecule has 0 aromatic carbocycles. The fraction of sp³-hybridized carbons (Fsp3) is 0.867. The highest BCUT2D eigenvalue weighted by Gasteiger charge is 2.32. The van der Waals surface area contributed by atoms with Gasteiger partial charge in [0.15, 0.2) is 0 Å². The number of nitrogens with zero attached hydrogens (tertiary/aromatic N) is 2.